The second kappa shape index (κ2) is 8.35. The molecule has 0 aromatic heterocycles. The molecule has 0 radical (unpaired) electrons. The summed E-state index contributed by atoms with van der Waals surface area (Å²) < 4.78 is 0. The molecule has 2 aromatic rings. The van der Waals surface area contributed by atoms with Gasteiger partial charge < -0.3 is 10.4 Å². The van der Waals surface area contributed by atoms with E-state index in [1.54, 1.807) is 0 Å². The molecule has 3 heteroatoms. The van der Waals surface area contributed by atoms with E-state index in [0.29, 0.717) is 0 Å². The Kier molecular flexibility index (Phi) is 6.16. The first-order valence-corrected chi connectivity index (χ1v) is 7.77. The van der Waals surface area contributed by atoms with Crippen molar-refractivity contribution in [1.29, 1.82) is 0 Å². The van der Waals surface area contributed by atoms with Gasteiger partial charge in [-0.25, -0.2) is 0 Å². The molecule has 0 saturated carbocycles. The summed E-state index contributed by atoms with van der Waals surface area (Å²) in [5.41, 5.74) is 1.94. The van der Waals surface area contributed by atoms with Crippen molar-refractivity contribution in [2.45, 2.75) is 31.7 Å². The van der Waals surface area contributed by atoms with Crippen LogP contribution in [0.3, 0.4) is 0 Å². The molecule has 0 aliphatic heterocycles. The summed E-state index contributed by atoms with van der Waals surface area (Å²) in [6.07, 6.45) is 1.73. The molecule has 0 spiro atoms. The Hall–Kier alpha value is -2.13. The van der Waals surface area contributed by atoms with E-state index in [1.165, 1.54) is 0 Å². The van der Waals surface area contributed by atoms with E-state index in [-0.39, 0.29) is 24.5 Å². The molecule has 22 heavy (non-hydrogen) atoms. The molecule has 0 heterocycles. The molecule has 0 saturated heterocycles. The number of amides is 1. The van der Waals surface area contributed by atoms with Crippen LogP contribution in [0.5, 0.6) is 0 Å². The SMILES string of the molecule is CCCC(C(=O)N[C@H](CO)c1ccccc1)c1ccccc1. The van der Waals surface area contributed by atoms with Crippen LogP contribution in [-0.2, 0) is 4.79 Å². The number of aliphatic hydroxyl groups is 1. The lowest BCUT2D eigenvalue weighted by Gasteiger charge is -2.22. The summed E-state index contributed by atoms with van der Waals surface area (Å²) in [7, 11) is 0. The number of rotatable bonds is 7. The zero-order valence-electron chi connectivity index (χ0n) is 12.9. The topological polar surface area (TPSA) is 49.3 Å². The van der Waals surface area contributed by atoms with Crippen molar-refractivity contribution in [3.8, 4) is 0 Å². The molecule has 2 aromatic carbocycles. The van der Waals surface area contributed by atoms with E-state index in [9.17, 15) is 9.90 Å². The maximum Gasteiger partial charge on any atom is 0.228 e. The fraction of sp³-hybridized carbons (Fsp3) is 0.316. The number of aliphatic hydroxyl groups excluding tert-OH is 1. The van der Waals surface area contributed by atoms with E-state index in [0.717, 1.165) is 24.0 Å². The van der Waals surface area contributed by atoms with Gasteiger partial charge in [-0.15, -0.1) is 0 Å². The van der Waals surface area contributed by atoms with Crippen molar-refractivity contribution in [1.82, 2.24) is 5.32 Å². The van der Waals surface area contributed by atoms with Gasteiger partial charge in [0.2, 0.25) is 5.91 Å². The lowest BCUT2D eigenvalue weighted by atomic mass is 9.93. The number of carbonyl (C=O) groups excluding carboxylic acids is 1. The third kappa shape index (κ3) is 4.18. The number of nitrogens with one attached hydrogen (secondary N) is 1. The van der Waals surface area contributed by atoms with Crippen molar-refractivity contribution < 1.29 is 9.90 Å². The fourth-order valence-electron chi connectivity index (χ4n) is 2.62. The Morgan fingerprint density at radius 1 is 1.00 bits per heavy atom. The molecular weight excluding hydrogens is 274 g/mol. The zero-order chi connectivity index (χ0) is 15.8. The predicted octanol–water partition coefficient (Wildman–Crippen LogP) is 3.42. The van der Waals surface area contributed by atoms with Gasteiger partial charge in [0.05, 0.1) is 18.6 Å². The monoisotopic (exact) mass is 297 g/mol. The van der Waals surface area contributed by atoms with Crippen molar-refractivity contribution in [3.63, 3.8) is 0 Å². The molecule has 2 rings (SSSR count). The molecule has 1 amide bonds. The van der Waals surface area contributed by atoms with Crippen LogP contribution in [0.2, 0.25) is 0 Å². The summed E-state index contributed by atoms with van der Waals surface area (Å²) in [4.78, 5) is 12.7. The Morgan fingerprint density at radius 3 is 2.05 bits per heavy atom. The molecule has 2 atom stereocenters. The van der Waals surface area contributed by atoms with Crippen LogP contribution >= 0.6 is 0 Å². The van der Waals surface area contributed by atoms with Gasteiger partial charge in [-0.2, -0.15) is 0 Å². The Balaban J connectivity index is 2.13. The number of hydrogen-bond donors (Lipinski definition) is 2. The van der Waals surface area contributed by atoms with Gasteiger partial charge in [-0.1, -0.05) is 74.0 Å². The largest absolute Gasteiger partial charge is 0.394 e. The van der Waals surface area contributed by atoms with Crippen LogP contribution in [0.25, 0.3) is 0 Å². The first kappa shape index (κ1) is 16.2. The van der Waals surface area contributed by atoms with Gasteiger partial charge >= 0.3 is 0 Å². The molecule has 3 nitrogen and oxygen atoms in total. The van der Waals surface area contributed by atoms with E-state index < -0.39 is 0 Å². The molecule has 0 bridgehead atoms. The summed E-state index contributed by atoms with van der Waals surface area (Å²) in [5.74, 6) is -0.208. The van der Waals surface area contributed by atoms with Crippen LogP contribution in [0.15, 0.2) is 60.7 Å². The smallest absolute Gasteiger partial charge is 0.228 e. The lowest BCUT2D eigenvalue weighted by Crippen LogP contribution is -2.34. The highest BCUT2D eigenvalue weighted by molar-refractivity contribution is 5.84. The maximum atomic E-state index is 12.7. The van der Waals surface area contributed by atoms with E-state index in [4.69, 9.17) is 0 Å². The number of benzene rings is 2. The van der Waals surface area contributed by atoms with Crippen LogP contribution in [0.1, 0.15) is 42.9 Å². The summed E-state index contributed by atoms with van der Waals surface area (Å²) >= 11 is 0. The summed E-state index contributed by atoms with van der Waals surface area (Å²) in [6, 6.07) is 19.0. The van der Waals surface area contributed by atoms with E-state index in [1.807, 2.05) is 60.7 Å². The van der Waals surface area contributed by atoms with Crippen LogP contribution in [-0.4, -0.2) is 17.6 Å². The minimum Gasteiger partial charge on any atom is -0.394 e. The van der Waals surface area contributed by atoms with Crippen LogP contribution in [0.4, 0.5) is 0 Å². The van der Waals surface area contributed by atoms with Gasteiger partial charge in [-0.05, 0) is 17.5 Å². The average molecular weight is 297 g/mol. The first-order chi connectivity index (χ1) is 10.8. The molecule has 0 aliphatic rings. The van der Waals surface area contributed by atoms with Crippen LogP contribution in [0, 0.1) is 0 Å². The second-order valence-corrected chi connectivity index (χ2v) is 5.41. The third-order valence-electron chi connectivity index (χ3n) is 3.80. The van der Waals surface area contributed by atoms with Gasteiger partial charge in [0.15, 0.2) is 0 Å². The van der Waals surface area contributed by atoms with Gasteiger partial charge in [0.25, 0.3) is 0 Å². The molecular formula is C19H23NO2. The highest BCUT2D eigenvalue weighted by atomic mass is 16.3. The van der Waals surface area contributed by atoms with Crippen molar-refractivity contribution >= 4 is 5.91 Å². The van der Waals surface area contributed by atoms with Crippen molar-refractivity contribution in [3.05, 3.63) is 71.8 Å². The van der Waals surface area contributed by atoms with E-state index >= 15 is 0 Å². The fourth-order valence-corrected chi connectivity index (χ4v) is 2.62. The van der Waals surface area contributed by atoms with Gasteiger partial charge in [-0.3, -0.25) is 4.79 Å². The maximum absolute atomic E-state index is 12.7. The molecule has 1 unspecified atom stereocenters. The standard InChI is InChI=1S/C19H23NO2/c1-2-9-17(15-10-5-3-6-11-15)19(22)20-18(14-21)16-12-7-4-8-13-16/h3-8,10-13,17-18,21H,2,9,14H2,1H3,(H,20,22)/t17?,18-/m1/s1. The molecule has 0 fully saturated rings. The molecule has 116 valence electrons. The second-order valence-electron chi connectivity index (χ2n) is 5.41. The predicted molar refractivity (Wildman–Crippen MR) is 88.5 cm³/mol. The molecule has 0 aliphatic carbocycles. The Morgan fingerprint density at radius 2 is 1.55 bits per heavy atom. The zero-order valence-corrected chi connectivity index (χ0v) is 12.9. The van der Waals surface area contributed by atoms with Gasteiger partial charge in [0, 0.05) is 0 Å². The van der Waals surface area contributed by atoms with Gasteiger partial charge in [0.1, 0.15) is 0 Å². The van der Waals surface area contributed by atoms with E-state index in [2.05, 4.69) is 12.2 Å². The number of carbonyl (C=O) groups is 1. The highest BCUT2D eigenvalue weighted by Crippen LogP contribution is 2.23. The normalized spacial score (nSPS) is 13.4. The average Bonchev–Trinajstić information content (AvgIpc) is 2.59. The minimum absolute atomic E-state index is 0.0315. The minimum atomic E-state index is -0.364. The van der Waals surface area contributed by atoms with Crippen LogP contribution < -0.4 is 5.32 Å². The molecule has 2 N–H and O–H groups in total. The number of hydrogen-bond acceptors (Lipinski definition) is 2. The van der Waals surface area contributed by atoms with Crippen molar-refractivity contribution in [2.24, 2.45) is 0 Å². The summed E-state index contributed by atoms with van der Waals surface area (Å²) in [5, 5.41) is 12.6. The quantitative estimate of drug-likeness (QED) is 0.822. The van der Waals surface area contributed by atoms with Crippen molar-refractivity contribution in [2.75, 3.05) is 6.61 Å². The Bertz CT molecular complexity index is 569. The third-order valence-corrected chi connectivity index (χ3v) is 3.80. The highest BCUT2D eigenvalue weighted by Gasteiger charge is 2.22. The Labute approximate surface area is 132 Å². The summed E-state index contributed by atoms with van der Waals surface area (Å²) in [6.45, 7) is 1.97. The lowest BCUT2D eigenvalue weighted by molar-refractivity contribution is -0.123. The first-order valence-electron chi connectivity index (χ1n) is 7.77.